The van der Waals surface area contributed by atoms with E-state index in [0.717, 1.165) is 84.0 Å². The SMILES string of the molecule is CCCCN=C1N=c2[nH]c(=c3c(=O)c(=C4Cc5nc(N(CCCC)CCCC)sc5N4)c3=O)cc2S1. The van der Waals surface area contributed by atoms with Gasteiger partial charge in [0, 0.05) is 31.8 Å². The molecule has 3 aromatic rings. The lowest BCUT2D eigenvalue weighted by molar-refractivity contribution is 0.676. The van der Waals surface area contributed by atoms with Crippen LogP contribution in [0.2, 0.25) is 0 Å². The first-order valence-corrected chi connectivity index (χ1v) is 14.6. The summed E-state index contributed by atoms with van der Waals surface area (Å²) in [7, 11) is 0. The van der Waals surface area contributed by atoms with Crippen molar-refractivity contribution in [2.45, 2.75) is 70.6 Å². The number of H-pyrrole nitrogens is 1. The normalized spacial score (nSPS) is 15.4. The molecule has 0 radical (unpaired) electrons. The molecule has 4 heterocycles. The number of unbranched alkanes of at least 4 members (excludes halogenated alkanes) is 3. The highest BCUT2D eigenvalue weighted by molar-refractivity contribution is 8.14. The van der Waals surface area contributed by atoms with Gasteiger partial charge in [-0.25, -0.2) is 9.98 Å². The monoisotopic (exact) mass is 524 g/mol. The van der Waals surface area contributed by atoms with Gasteiger partial charge in [0.2, 0.25) is 10.9 Å². The highest BCUT2D eigenvalue weighted by atomic mass is 32.2. The molecule has 0 bridgehead atoms. The quantitative estimate of drug-likeness (QED) is 0.394. The Morgan fingerprint density at radius 1 is 1.03 bits per heavy atom. The minimum atomic E-state index is -0.216. The molecule has 0 atom stereocenters. The van der Waals surface area contributed by atoms with Gasteiger partial charge in [-0.1, -0.05) is 51.4 Å². The summed E-state index contributed by atoms with van der Waals surface area (Å²) >= 11 is 3.09. The van der Waals surface area contributed by atoms with Gasteiger partial charge in [-0.3, -0.25) is 14.6 Å². The lowest BCUT2D eigenvalue weighted by Gasteiger charge is -2.21. The first-order valence-electron chi connectivity index (χ1n) is 12.9. The Morgan fingerprint density at radius 2 is 1.75 bits per heavy atom. The number of thiazole rings is 1. The van der Waals surface area contributed by atoms with E-state index in [1.54, 1.807) is 11.3 Å². The van der Waals surface area contributed by atoms with E-state index in [0.29, 0.717) is 23.0 Å². The van der Waals surface area contributed by atoms with Crippen LogP contribution in [0.25, 0.3) is 5.70 Å². The van der Waals surface area contributed by atoms with Crippen LogP contribution in [-0.2, 0) is 6.42 Å². The molecule has 0 unspecified atom stereocenters. The number of hydrogen-bond donors (Lipinski definition) is 2. The second kappa shape index (κ2) is 10.7. The topological polar surface area (TPSA) is 103 Å². The van der Waals surface area contributed by atoms with E-state index >= 15 is 0 Å². The predicted octanol–water partition coefficient (Wildman–Crippen LogP) is 3.42. The number of hydrogen-bond acceptors (Lipinski definition) is 8. The first-order chi connectivity index (χ1) is 17.5. The second-order valence-corrected chi connectivity index (χ2v) is 11.3. The second-order valence-electron chi connectivity index (χ2n) is 9.28. The number of fused-ring (bicyclic) bond motifs is 2. The molecule has 5 rings (SSSR count). The fraction of sp³-hybridized carbons (Fsp3) is 0.500. The highest BCUT2D eigenvalue weighted by Crippen LogP contribution is 2.38. The van der Waals surface area contributed by atoms with Gasteiger partial charge in [-0.05, 0) is 37.1 Å². The molecule has 0 saturated carbocycles. The summed E-state index contributed by atoms with van der Waals surface area (Å²) in [6, 6.07) is 1.84. The standard InChI is InChI=1S/C26H32N6O2S2/c1-4-7-10-27-25-31-23-18(35-25)14-16(28-23)20-21(33)19(22(20)34)15-13-17-24(29-15)36-26(30-17)32(11-8-5-2)12-9-6-3/h14,29H,4-13H2,1-3H3,(H,27,28,31). The van der Waals surface area contributed by atoms with E-state index in [1.165, 1.54) is 11.8 Å². The van der Waals surface area contributed by atoms with Crippen LogP contribution in [0, 0.1) is 10.6 Å². The smallest absolute Gasteiger partial charge is 0.204 e. The maximum absolute atomic E-state index is 13.0. The molecular weight excluding hydrogens is 492 g/mol. The summed E-state index contributed by atoms with van der Waals surface area (Å²) in [5.74, 6) is 0. The van der Waals surface area contributed by atoms with E-state index in [4.69, 9.17) is 4.98 Å². The van der Waals surface area contributed by atoms with E-state index < -0.39 is 0 Å². The van der Waals surface area contributed by atoms with Crippen molar-refractivity contribution in [3.63, 3.8) is 0 Å². The van der Waals surface area contributed by atoms with Crippen molar-refractivity contribution >= 4 is 44.1 Å². The van der Waals surface area contributed by atoms with E-state index in [1.807, 2.05) is 6.07 Å². The van der Waals surface area contributed by atoms with Crippen molar-refractivity contribution < 1.29 is 0 Å². The van der Waals surface area contributed by atoms with Crippen molar-refractivity contribution in [3.8, 4) is 0 Å². The number of aromatic amines is 1. The van der Waals surface area contributed by atoms with Crippen LogP contribution in [-0.4, -0.2) is 34.8 Å². The van der Waals surface area contributed by atoms with E-state index in [9.17, 15) is 9.59 Å². The van der Waals surface area contributed by atoms with Gasteiger partial charge in [0.15, 0.2) is 10.3 Å². The number of anilines is 2. The van der Waals surface area contributed by atoms with Gasteiger partial charge in [0.1, 0.15) is 10.5 Å². The summed E-state index contributed by atoms with van der Waals surface area (Å²) in [6.45, 7) is 9.30. The zero-order valence-electron chi connectivity index (χ0n) is 21.1. The Morgan fingerprint density at radius 3 is 2.39 bits per heavy atom. The number of rotatable bonds is 10. The summed E-state index contributed by atoms with van der Waals surface area (Å²) in [5.41, 5.74) is 1.84. The fourth-order valence-corrected chi connectivity index (χ4v) is 6.36. The fourth-order valence-electron chi connectivity index (χ4n) is 4.44. The van der Waals surface area contributed by atoms with E-state index in [2.05, 4.69) is 46.0 Å². The zero-order valence-corrected chi connectivity index (χ0v) is 22.7. The Balaban J connectivity index is 1.41. The van der Waals surface area contributed by atoms with Gasteiger partial charge >= 0.3 is 0 Å². The Hall–Kier alpha value is -2.72. The van der Waals surface area contributed by atoms with Gasteiger partial charge in [0.25, 0.3) is 0 Å². The maximum Gasteiger partial charge on any atom is 0.204 e. The first kappa shape index (κ1) is 25.0. The third-order valence-corrected chi connectivity index (χ3v) is 8.55. The number of thioether (sulfide) groups is 1. The van der Waals surface area contributed by atoms with Crippen LogP contribution < -0.4 is 31.8 Å². The van der Waals surface area contributed by atoms with Crippen LogP contribution in [0.5, 0.6) is 0 Å². The average Bonchev–Trinajstić information content (AvgIpc) is 3.59. The maximum atomic E-state index is 13.0. The van der Waals surface area contributed by atoms with Gasteiger partial charge < -0.3 is 15.2 Å². The molecule has 2 aromatic heterocycles. The minimum absolute atomic E-state index is 0.211. The van der Waals surface area contributed by atoms with Crippen molar-refractivity contribution in [1.29, 1.82) is 0 Å². The number of aliphatic imine (C=N–C) groups is 1. The molecule has 0 amide bonds. The van der Waals surface area contributed by atoms with Crippen LogP contribution >= 0.6 is 23.1 Å². The molecule has 0 aliphatic carbocycles. The molecule has 2 aliphatic heterocycles. The minimum Gasteiger partial charge on any atom is -0.348 e. The summed E-state index contributed by atoms with van der Waals surface area (Å²) in [4.78, 5) is 46.4. The predicted molar refractivity (Wildman–Crippen MR) is 149 cm³/mol. The van der Waals surface area contributed by atoms with Crippen molar-refractivity contribution in [3.05, 3.63) is 53.5 Å². The average molecular weight is 525 g/mol. The van der Waals surface area contributed by atoms with Crippen LogP contribution in [0.15, 0.2) is 30.5 Å². The molecule has 10 heteroatoms. The van der Waals surface area contributed by atoms with Crippen LogP contribution in [0.4, 0.5) is 10.1 Å². The van der Waals surface area contributed by atoms with Gasteiger partial charge in [0.05, 0.1) is 26.4 Å². The number of nitrogens with one attached hydrogen (secondary N) is 2. The Labute approximate surface area is 217 Å². The third-order valence-electron chi connectivity index (χ3n) is 6.54. The lowest BCUT2D eigenvalue weighted by Crippen LogP contribution is -2.52. The molecule has 2 N–H and O–H groups in total. The van der Waals surface area contributed by atoms with E-state index in [-0.39, 0.29) is 21.3 Å². The summed E-state index contributed by atoms with van der Waals surface area (Å²) < 4.78 is 0. The van der Waals surface area contributed by atoms with Crippen LogP contribution in [0.3, 0.4) is 0 Å². The molecule has 190 valence electrons. The van der Waals surface area contributed by atoms with Crippen LogP contribution in [0.1, 0.15) is 65.0 Å². The number of amidine groups is 1. The molecule has 2 aliphatic rings. The van der Waals surface area contributed by atoms with Crippen molar-refractivity contribution in [2.24, 2.45) is 9.98 Å². The number of nitrogens with zero attached hydrogens (tertiary/aromatic N) is 4. The van der Waals surface area contributed by atoms with Crippen molar-refractivity contribution in [2.75, 3.05) is 29.9 Å². The van der Waals surface area contributed by atoms with Gasteiger partial charge in [-0.15, -0.1) is 0 Å². The third kappa shape index (κ3) is 4.68. The molecule has 0 fully saturated rings. The lowest BCUT2D eigenvalue weighted by atomic mass is 10.1. The molecule has 0 saturated heterocycles. The molecular formula is C26H32N6O2S2. The molecule has 36 heavy (non-hydrogen) atoms. The molecule has 8 nitrogen and oxygen atoms in total. The Kier molecular flexibility index (Phi) is 7.43. The highest BCUT2D eigenvalue weighted by Gasteiger charge is 2.26. The summed E-state index contributed by atoms with van der Waals surface area (Å²) in [6.07, 6.45) is 7.19. The van der Waals surface area contributed by atoms with Crippen molar-refractivity contribution in [1.82, 2.24) is 9.97 Å². The molecule has 0 spiro atoms. The zero-order chi connectivity index (χ0) is 25.2. The van der Waals surface area contributed by atoms with Gasteiger partial charge in [-0.2, -0.15) is 0 Å². The number of aromatic nitrogens is 2. The Bertz CT molecular complexity index is 1530. The largest absolute Gasteiger partial charge is 0.348 e. The summed E-state index contributed by atoms with van der Waals surface area (Å²) in [5, 5.41) is 7.04. The molecule has 1 aromatic carbocycles.